The number of piperidine rings is 1. The monoisotopic (exact) mass is 225 g/mol. The quantitative estimate of drug-likeness (QED) is 0.780. The Morgan fingerprint density at radius 2 is 2.38 bits per heavy atom. The Bertz CT molecular complexity index is 286. The molecule has 0 aromatic rings. The van der Waals surface area contributed by atoms with Crippen LogP contribution in [0.1, 0.15) is 12.8 Å². The van der Waals surface area contributed by atoms with E-state index in [-0.39, 0.29) is 6.67 Å². The first-order chi connectivity index (χ1) is 7.79. The maximum atomic E-state index is 12.3. The Morgan fingerprint density at radius 3 is 3.12 bits per heavy atom. The molecule has 0 saturated carbocycles. The summed E-state index contributed by atoms with van der Waals surface area (Å²) in [6, 6.07) is 0.490. The van der Waals surface area contributed by atoms with Gasteiger partial charge in [0.1, 0.15) is 6.67 Å². The van der Waals surface area contributed by atoms with Crippen LogP contribution in [-0.4, -0.2) is 48.7 Å². The molecule has 0 aliphatic carbocycles. The molecule has 0 amide bonds. The van der Waals surface area contributed by atoms with Crippen molar-refractivity contribution in [3.05, 3.63) is 24.0 Å². The minimum absolute atomic E-state index is 0.245. The van der Waals surface area contributed by atoms with Crippen LogP contribution >= 0.6 is 0 Å². The zero-order valence-electron chi connectivity index (χ0n) is 9.61. The third-order valence-electron chi connectivity index (χ3n) is 3.30. The van der Waals surface area contributed by atoms with Gasteiger partial charge in [0, 0.05) is 24.8 Å². The summed E-state index contributed by atoms with van der Waals surface area (Å²) in [6.45, 7) is 3.12. The van der Waals surface area contributed by atoms with Gasteiger partial charge in [-0.2, -0.15) is 0 Å². The Balaban J connectivity index is 1.89. The summed E-state index contributed by atoms with van der Waals surface area (Å²) < 4.78 is 12.3. The van der Waals surface area contributed by atoms with Crippen molar-refractivity contribution < 1.29 is 4.39 Å². The summed E-state index contributed by atoms with van der Waals surface area (Å²) in [6.07, 6.45) is 8.37. The highest BCUT2D eigenvalue weighted by molar-refractivity contribution is 5.16. The van der Waals surface area contributed by atoms with Crippen molar-refractivity contribution >= 4 is 0 Å². The summed E-state index contributed by atoms with van der Waals surface area (Å²) in [5.41, 5.74) is 6.73. The number of hydrogen-bond donors (Lipinski definition) is 1. The molecular formula is C12H20FN3. The predicted octanol–water partition coefficient (Wildman–Crippen LogP) is 1.09. The van der Waals surface area contributed by atoms with Crippen LogP contribution in [0.5, 0.6) is 0 Å². The molecule has 2 rings (SSSR count). The largest absolute Gasteiger partial charge is 0.401 e. The SMILES string of the molecule is NC1=CC=CN(C2CCCN(CCF)C2)C1. The third-order valence-corrected chi connectivity index (χ3v) is 3.30. The summed E-state index contributed by atoms with van der Waals surface area (Å²) in [4.78, 5) is 4.48. The van der Waals surface area contributed by atoms with Crippen LogP contribution in [0.25, 0.3) is 0 Å². The average Bonchev–Trinajstić information content (AvgIpc) is 2.30. The number of nitrogens with zero attached hydrogens (tertiary/aromatic N) is 2. The maximum absolute atomic E-state index is 12.3. The van der Waals surface area contributed by atoms with E-state index < -0.39 is 0 Å². The van der Waals surface area contributed by atoms with Crippen LogP contribution in [0.3, 0.4) is 0 Å². The van der Waals surface area contributed by atoms with Crippen molar-refractivity contribution in [2.24, 2.45) is 5.73 Å². The molecule has 2 N–H and O–H groups in total. The molecule has 1 saturated heterocycles. The second kappa shape index (κ2) is 5.34. The second-order valence-electron chi connectivity index (χ2n) is 4.54. The molecule has 2 aliphatic heterocycles. The van der Waals surface area contributed by atoms with Crippen molar-refractivity contribution in [1.29, 1.82) is 0 Å². The first kappa shape index (κ1) is 11.5. The van der Waals surface area contributed by atoms with E-state index in [0.29, 0.717) is 12.6 Å². The van der Waals surface area contributed by atoms with Crippen LogP contribution in [0.15, 0.2) is 24.0 Å². The van der Waals surface area contributed by atoms with E-state index in [1.54, 1.807) is 0 Å². The normalized spacial score (nSPS) is 26.9. The topological polar surface area (TPSA) is 32.5 Å². The minimum Gasteiger partial charge on any atom is -0.401 e. The lowest BCUT2D eigenvalue weighted by molar-refractivity contribution is 0.127. The molecule has 1 unspecified atom stereocenters. The Morgan fingerprint density at radius 1 is 1.50 bits per heavy atom. The first-order valence-electron chi connectivity index (χ1n) is 5.96. The Kier molecular flexibility index (Phi) is 3.83. The molecular weight excluding hydrogens is 205 g/mol. The van der Waals surface area contributed by atoms with Crippen LogP contribution in [-0.2, 0) is 0 Å². The van der Waals surface area contributed by atoms with Crippen molar-refractivity contribution in [3.63, 3.8) is 0 Å². The van der Waals surface area contributed by atoms with Gasteiger partial charge in [0.15, 0.2) is 0 Å². The molecule has 0 radical (unpaired) electrons. The summed E-state index contributed by atoms with van der Waals surface area (Å²) in [5.74, 6) is 0. The number of rotatable bonds is 3. The molecule has 0 aromatic carbocycles. The van der Waals surface area contributed by atoms with E-state index in [9.17, 15) is 4.39 Å². The fourth-order valence-electron chi connectivity index (χ4n) is 2.47. The van der Waals surface area contributed by atoms with Crippen molar-refractivity contribution in [3.8, 4) is 0 Å². The predicted molar refractivity (Wildman–Crippen MR) is 63.6 cm³/mol. The van der Waals surface area contributed by atoms with E-state index in [4.69, 9.17) is 5.73 Å². The zero-order chi connectivity index (χ0) is 11.4. The number of allylic oxidation sites excluding steroid dienone is 2. The molecule has 0 spiro atoms. The van der Waals surface area contributed by atoms with Crippen LogP contribution in [0.2, 0.25) is 0 Å². The third kappa shape index (κ3) is 2.76. The highest BCUT2D eigenvalue weighted by atomic mass is 19.1. The van der Waals surface area contributed by atoms with Crippen LogP contribution in [0, 0.1) is 0 Å². The zero-order valence-corrected chi connectivity index (χ0v) is 9.61. The number of halogens is 1. The van der Waals surface area contributed by atoms with E-state index in [2.05, 4.69) is 16.0 Å². The van der Waals surface area contributed by atoms with Gasteiger partial charge in [0.25, 0.3) is 0 Å². The summed E-state index contributed by atoms with van der Waals surface area (Å²) in [7, 11) is 0. The van der Waals surface area contributed by atoms with Crippen LogP contribution < -0.4 is 5.73 Å². The fraction of sp³-hybridized carbons (Fsp3) is 0.667. The molecule has 90 valence electrons. The fourth-order valence-corrected chi connectivity index (χ4v) is 2.47. The first-order valence-corrected chi connectivity index (χ1v) is 5.96. The number of alkyl halides is 1. The standard InChI is InChI=1S/C12H20FN3/c13-5-8-15-6-2-4-12(10-15)16-7-1-3-11(14)9-16/h1,3,7,12H,2,4-6,8-10,14H2. The number of likely N-dealkylation sites (tertiary alicyclic amines) is 1. The van der Waals surface area contributed by atoms with E-state index in [1.165, 1.54) is 6.42 Å². The van der Waals surface area contributed by atoms with Gasteiger partial charge in [0.05, 0.1) is 6.54 Å². The molecule has 1 fully saturated rings. The van der Waals surface area contributed by atoms with Gasteiger partial charge in [-0.05, 0) is 37.7 Å². The molecule has 3 nitrogen and oxygen atoms in total. The van der Waals surface area contributed by atoms with Gasteiger partial charge in [0.2, 0.25) is 0 Å². The van der Waals surface area contributed by atoms with Gasteiger partial charge in [-0.3, -0.25) is 4.90 Å². The average molecular weight is 225 g/mol. The summed E-state index contributed by atoms with van der Waals surface area (Å²) >= 11 is 0. The molecule has 2 aliphatic rings. The van der Waals surface area contributed by atoms with Crippen molar-refractivity contribution in [2.45, 2.75) is 18.9 Å². The molecule has 16 heavy (non-hydrogen) atoms. The smallest absolute Gasteiger partial charge is 0.102 e. The molecule has 4 heteroatoms. The van der Waals surface area contributed by atoms with E-state index >= 15 is 0 Å². The van der Waals surface area contributed by atoms with Gasteiger partial charge < -0.3 is 10.6 Å². The van der Waals surface area contributed by atoms with E-state index in [1.807, 2.05) is 12.2 Å². The highest BCUT2D eigenvalue weighted by Gasteiger charge is 2.24. The minimum atomic E-state index is -0.245. The lowest BCUT2D eigenvalue weighted by atomic mass is 10.0. The lowest BCUT2D eigenvalue weighted by Crippen LogP contribution is -2.47. The Hall–Kier alpha value is -1.03. The van der Waals surface area contributed by atoms with E-state index in [0.717, 1.165) is 31.8 Å². The molecule has 0 bridgehead atoms. The molecule has 2 heterocycles. The molecule has 1 atom stereocenters. The van der Waals surface area contributed by atoms with Gasteiger partial charge in [-0.25, -0.2) is 4.39 Å². The van der Waals surface area contributed by atoms with Crippen LogP contribution in [0.4, 0.5) is 4.39 Å². The van der Waals surface area contributed by atoms with Gasteiger partial charge in [-0.15, -0.1) is 0 Å². The maximum Gasteiger partial charge on any atom is 0.102 e. The van der Waals surface area contributed by atoms with Crippen molar-refractivity contribution in [1.82, 2.24) is 9.80 Å². The lowest BCUT2D eigenvalue weighted by Gasteiger charge is -2.39. The van der Waals surface area contributed by atoms with Gasteiger partial charge >= 0.3 is 0 Å². The molecule has 0 aromatic heterocycles. The summed E-state index contributed by atoms with van der Waals surface area (Å²) in [5, 5.41) is 0. The second-order valence-corrected chi connectivity index (χ2v) is 4.54. The highest BCUT2D eigenvalue weighted by Crippen LogP contribution is 2.18. The van der Waals surface area contributed by atoms with Gasteiger partial charge in [-0.1, -0.05) is 0 Å². The van der Waals surface area contributed by atoms with Crippen molar-refractivity contribution in [2.75, 3.05) is 32.9 Å². The number of nitrogens with two attached hydrogens (primary N) is 1. The Labute approximate surface area is 96.4 Å². The number of hydrogen-bond acceptors (Lipinski definition) is 3.